The summed E-state index contributed by atoms with van der Waals surface area (Å²) in [6.07, 6.45) is 1.61. The Balaban J connectivity index is 1.86. The zero-order chi connectivity index (χ0) is 15.9. The molecule has 0 aliphatic carbocycles. The van der Waals surface area contributed by atoms with E-state index < -0.39 is 0 Å². The minimum absolute atomic E-state index is 0.0399. The van der Waals surface area contributed by atoms with Crippen molar-refractivity contribution in [2.45, 2.75) is 46.6 Å². The standard InChI is InChI=1S/C15H21N7/c1-9-10(2)21-22-8-17-20-14(22)13(9)16-7-11-6-12(19-18-11)15(3,4)5/h6,8,16H,7H2,1-5H3,(H,18,19). The first-order chi connectivity index (χ1) is 10.4. The Morgan fingerprint density at radius 1 is 1.27 bits per heavy atom. The van der Waals surface area contributed by atoms with Crippen LogP contribution in [0.5, 0.6) is 0 Å². The molecule has 3 heterocycles. The molecule has 0 aliphatic heterocycles. The van der Waals surface area contributed by atoms with Gasteiger partial charge in [-0.05, 0) is 25.5 Å². The zero-order valence-corrected chi connectivity index (χ0v) is 13.6. The molecule has 0 atom stereocenters. The first kappa shape index (κ1) is 14.5. The molecular weight excluding hydrogens is 278 g/mol. The fourth-order valence-corrected chi connectivity index (χ4v) is 2.28. The summed E-state index contributed by atoms with van der Waals surface area (Å²) >= 11 is 0. The number of rotatable bonds is 3. The number of nitrogens with zero attached hydrogens (tertiary/aromatic N) is 5. The van der Waals surface area contributed by atoms with Crippen LogP contribution in [0.1, 0.15) is 43.4 Å². The van der Waals surface area contributed by atoms with Crippen LogP contribution in [0.15, 0.2) is 12.4 Å². The molecule has 0 radical (unpaired) electrons. The molecule has 116 valence electrons. The van der Waals surface area contributed by atoms with Gasteiger partial charge in [-0.2, -0.15) is 14.7 Å². The fraction of sp³-hybridized carbons (Fsp3) is 0.467. The summed E-state index contributed by atoms with van der Waals surface area (Å²) in [5, 5.41) is 23.4. The summed E-state index contributed by atoms with van der Waals surface area (Å²) < 4.78 is 1.69. The van der Waals surface area contributed by atoms with Crippen LogP contribution in [0.25, 0.3) is 5.65 Å². The summed E-state index contributed by atoms with van der Waals surface area (Å²) in [4.78, 5) is 0. The van der Waals surface area contributed by atoms with Gasteiger partial charge >= 0.3 is 0 Å². The SMILES string of the molecule is Cc1nn2cnnc2c(NCc2cc(C(C)(C)C)n[nH]2)c1C. The monoisotopic (exact) mass is 299 g/mol. The molecule has 2 N–H and O–H groups in total. The number of fused-ring (bicyclic) bond motifs is 1. The van der Waals surface area contributed by atoms with Gasteiger partial charge in [0.15, 0.2) is 0 Å². The second-order valence-corrected chi connectivity index (χ2v) is 6.57. The Hall–Kier alpha value is -2.44. The van der Waals surface area contributed by atoms with E-state index in [-0.39, 0.29) is 5.41 Å². The molecule has 0 aromatic carbocycles. The highest BCUT2D eigenvalue weighted by Crippen LogP contribution is 2.23. The Morgan fingerprint density at radius 3 is 2.73 bits per heavy atom. The maximum atomic E-state index is 4.42. The third kappa shape index (κ3) is 2.54. The number of aryl methyl sites for hydroxylation is 1. The van der Waals surface area contributed by atoms with E-state index in [1.165, 1.54) is 0 Å². The zero-order valence-electron chi connectivity index (χ0n) is 13.6. The van der Waals surface area contributed by atoms with E-state index in [1.54, 1.807) is 10.8 Å². The molecule has 0 unspecified atom stereocenters. The molecule has 0 amide bonds. The third-order valence-corrected chi connectivity index (χ3v) is 3.78. The van der Waals surface area contributed by atoms with Crippen molar-refractivity contribution in [1.29, 1.82) is 0 Å². The average molecular weight is 299 g/mol. The van der Waals surface area contributed by atoms with Gasteiger partial charge in [0.2, 0.25) is 5.65 Å². The van der Waals surface area contributed by atoms with Gasteiger partial charge in [-0.15, -0.1) is 10.2 Å². The van der Waals surface area contributed by atoms with Crippen LogP contribution >= 0.6 is 0 Å². The molecule has 0 saturated carbocycles. The lowest BCUT2D eigenvalue weighted by Crippen LogP contribution is -2.11. The van der Waals surface area contributed by atoms with E-state index in [1.807, 2.05) is 13.8 Å². The maximum Gasteiger partial charge on any atom is 0.200 e. The summed E-state index contributed by atoms with van der Waals surface area (Å²) in [7, 11) is 0. The summed E-state index contributed by atoms with van der Waals surface area (Å²) in [5.74, 6) is 0. The minimum atomic E-state index is 0.0399. The van der Waals surface area contributed by atoms with E-state index in [0.29, 0.717) is 6.54 Å². The summed E-state index contributed by atoms with van der Waals surface area (Å²) in [5.41, 5.74) is 5.86. The highest BCUT2D eigenvalue weighted by molar-refractivity contribution is 5.71. The number of nitrogens with one attached hydrogen (secondary N) is 2. The summed E-state index contributed by atoms with van der Waals surface area (Å²) in [6.45, 7) is 11.1. The number of aromatic amines is 1. The second kappa shape index (κ2) is 5.08. The van der Waals surface area contributed by atoms with Crippen molar-refractivity contribution in [3.63, 3.8) is 0 Å². The third-order valence-electron chi connectivity index (χ3n) is 3.78. The van der Waals surface area contributed by atoms with Gasteiger partial charge in [0.25, 0.3) is 0 Å². The van der Waals surface area contributed by atoms with E-state index in [0.717, 1.165) is 34.0 Å². The van der Waals surface area contributed by atoms with Crippen molar-refractivity contribution in [3.05, 3.63) is 35.0 Å². The predicted molar refractivity (Wildman–Crippen MR) is 84.9 cm³/mol. The lowest BCUT2D eigenvalue weighted by Gasteiger charge is -2.13. The number of hydrogen-bond donors (Lipinski definition) is 2. The van der Waals surface area contributed by atoms with Gasteiger partial charge in [0.1, 0.15) is 6.33 Å². The highest BCUT2D eigenvalue weighted by atomic mass is 15.3. The normalized spacial score (nSPS) is 12.0. The Labute approximate surface area is 129 Å². The predicted octanol–water partition coefficient (Wildman–Crippen LogP) is 2.37. The van der Waals surface area contributed by atoms with Crippen molar-refractivity contribution in [1.82, 2.24) is 30.0 Å². The van der Waals surface area contributed by atoms with Crippen LogP contribution < -0.4 is 5.32 Å². The summed E-state index contributed by atoms with van der Waals surface area (Å²) in [6, 6.07) is 2.09. The van der Waals surface area contributed by atoms with E-state index in [9.17, 15) is 0 Å². The average Bonchev–Trinajstić information content (AvgIpc) is 3.07. The van der Waals surface area contributed by atoms with Crippen molar-refractivity contribution in [2.75, 3.05) is 5.32 Å². The number of anilines is 1. The van der Waals surface area contributed by atoms with Gasteiger partial charge in [0, 0.05) is 5.41 Å². The van der Waals surface area contributed by atoms with Crippen molar-refractivity contribution in [3.8, 4) is 0 Å². The molecule has 0 aliphatic rings. The van der Waals surface area contributed by atoms with Crippen LogP contribution in [-0.2, 0) is 12.0 Å². The smallest absolute Gasteiger partial charge is 0.200 e. The van der Waals surface area contributed by atoms with Crippen LogP contribution in [-0.4, -0.2) is 30.0 Å². The van der Waals surface area contributed by atoms with Crippen LogP contribution in [0, 0.1) is 13.8 Å². The van der Waals surface area contributed by atoms with Crippen molar-refractivity contribution < 1.29 is 0 Å². The molecule has 0 fully saturated rings. The Bertz CT molecular complexity index is 807. The number of hydrogen-bond acceptors (Lipinski definition) is 5. The molecular formula is C15H21N7. The van der Waals surface area contributed by atoms with Crippen LogP contribution in [0.4, 0.5) is 5.69 Å². The topological polar surface area (TPSA) is 83.8 Å². The fourth-order valence-electron chi connectivity index (χ4n) is 2.28. The van der Waals surface area contributed by atoms with Crippen molar-refractivity contribution >= 4 is 11.3 Å². The van der Waals surface area contributed by atoms with Crippen LogP contribution in [0.3, 0.4) is 0 Å². The Kier molecular flexibility index (Phi) is 3.35. The highest BCUT2D eigenvalue weighted by Gasteiger charge is 2.17. The molecule has 22 heavy (non-hydrogen) atoms. The Morgan fingerprint density at radius 2 is 2.05 bits per heavy atom. The van der Waals surface area contributed by atoms with E-state index in [4.69, 9.17) is 0 Å². The lowest BCUT2D eigenvalue weighted by molar-refractivity contribution is 0.567. The van der Waals surface area contributed by atoms with E-state index in [2.05, 4.69) is 57.6 Å². The second-order valence-electron chi connectivity index (χ2n) is 6.57. The molecule has 3 aromatic rings. The van der Waals surface area contributed by atoms with Gasteiger partial charge in [-0.1, -0.05) is 20.8 Å². The first-order valence-electron chi connectivity index (χ1n) is 7.32. The van der Waals surface area contributed by atoms with Gasteiger partial charge in [0.05, 0.1) is 29.3 Å². The van der Waals surface area contributed by atoms with Gasteiger partial charge in [-0.25, -0.2) is 0 Å². The maximum absolute atomic E-state index is 4.42. The molecule has 3 aromatic heterocycles. The van der Waals surface area contributed by atoms with Crippen molar-refractivity contribution in [2.24, 2.45) is 0 Å². The van der Waals surface area contributed by atoms with Gasteiger partial charge in [-0.3, -0.25) is 5.10 Å². The lowest BCUT2D eigenvalue weighted by atomic mass is 9.92. The van der Waals surface area contributed by atoms with Gasteiger partial charge < -0.3 is 5.32 Å². The number of H-pyrrole nitrogens is 1. The molecule has 0 bridgehead atoms. The van der Waals surface area contributed by atoms with Crippen LogP contribution in [0.2, 0.25) is 0 Å². The molecule has 7 heteroatoms. The molecule has 3 rings (SSSR count). The quantitative estimate of drug-likeness (QED) is 0.775. The minimum Gasteiger partial charge on any atom is -0.376 e. The first-order valence-corrected chi connectivity index (χ1v) is 7.32. The number of aromatic nitrogens is 6. The molecule has 7 nitrogen and oxygen atoms in total. The molecule has 0 saturated heterocycles. The van der Waals surface area contributed by atoms with E-state index >= 15 is 0 Å². The largest absolute Gasteiger partial charge is 0.376 e. The molecule has 0 spiro atoms.